The lowest BCUT2D eigenvalue weighted by molar-refractivity contribution is -0.385. The molecule has 0 bridgehead atoms. The lowest BCUT2D eigenvalue weighted by Gasteiger charge is -2.35. The van der Waals surface area contributed by atoms with Crippen molar-refractivity contribution in [1.29, 1.82) is 0 Å². The first-order chi connectivity index (χ1) is 12.0. The number of ether oxygens (including phenoxy) is 1. The second kappa shape index (κ2) is 9.29. The molecule has 0 aromatic heterocycles. The number of hydrogen-bond donors (Lipinski definition) is 1. The van der Waals surface area contributed by atoms with E-state index in [0.29, 0.717) is 12.1 Å². The van der Waals surface area contributed by atoms with Gasteiger partial charge in [0.25, 0.3) is 5.69 Å². The minimum absolute atomic E-state index is 0.0119. The van der Waals surface area contributed by atoms with E-state index in [9.17, 15) is 14.9 Å². The molecule has 2 rings (SSSR count). The second-order valence-electron chi connectivity index (χ2n) is 6.31. The summed E-state index contributed by atoms with van der Waals surface area (Å²) in [6.45, 7) is 7.44. The molecule has 1 aromatic rings. The fourth-order valence-corrected chi connectivity index (χ4v) is 3.00. The monoisotopic (exact) mass is 347 g/mol. The van der Waals surface area contributed by atoms with E-state index in [-0.39, 0.29) is 23.8 Å². The van der Waals surface area contributed by atoms with Crippen LogP contribution in [0.5, 0.6) is 0 Å². The predicted molar refractivity (Wildman–Crippen MR) is 96.2 cm³/mol. The summed E-state index contributed by atoms with van der Waals surface area (Å²) in [6.07, 6.45) is 4.13. The molecule has 1 heterocycles. The van der Waals surface area contributed by atoms with E-state index >= 15 is 0 Å². The topological polar surface area (TPSA) is 84.7 Å². The number of amides is 1. The van der Waals surface area contributed by atoms with Gasteiger partial charge in [-0.25, -0.2) is 0 Å². The first kappa shape index (κ1) is 19.1. The third-order valence-electron chi connectivity index (χ3n) is 3.99. The van der Waals surface area contributed by atoms with Crippen molar-refractivity contribution in [1.82, 2.24) is 10.2 Å². The second-order valence-corrected chi connectivity index (χ2v) is 6.31. The molecule has 1 aromatic carbocycles. The molecule has 0 saturated carbocycles. The quantitative estimate of drug-likeness (QED) is 0.354. The van der Waals surface area contributed by atoms with Gasteiger partial charge in [0.1, 0.15) is 0 Å². The molecule has 7 heteroatoms. The highest BCUT2D eigenvalue weighted by Gasteiger charge is 2.21. The van der Waals surface area contributed by atoms with E-state index < -0.39 is 4.92 Å². The van der Waals surface area contributed by atoms with Crippen LogP contribution in [0.3, 0.4) is 0 Å². The van der Waals surface area contributed by atoms with Gasteiger partial charge in [-0.3, -0.25) is 19.8 Å². The minimum Gasteiger partial charge on any atom is -0.373 e. The zero-order valence-corrected chi connectivity index (χ0v) is 14.7. The summed E-state index contributed by atoms with van der Waals surface area (Å²) in [6, 6.07) is 6.34. The van der Waals surface area contributed by atoms with Crippen LogP contribution in [0.4, 0.5) is 5.69 Å². The number of nitro groups is 1. The Kier molecular flexibility index (Phi) is 7.09. The van der Waals surface area contributed by atoms with Gasteiger partial charge in [0.2, 0.25) is 5.91 Å². The fourth-order valence-electron chi connectivity index (χ4n) is 3.00. The summed E-state index contributed by atoms with van der Waals surface area (Å²) >= 11 is 0. The Morgan fingerprint density at radius 3 is 2.72 bits per heavy atom. The molecule has 1 amide bonds. The summed E-state index contributed by atoms with van der Waals surface area (Å²) in [5.41, 5.74) is 0.404. The van der Waals surface area contributed by atoms with Crippen LogP contribution in [0.2, 0.25) is 0 Å². The molecule has 1 N–H and O–H groups in total. The normalized spacial score (nSPS) is 21.4. The predicted octanol–water partition coefficient (Wildman–Crippen LogP) is 2.22. The number of nitrogens with zero attached hydrogens (tertiary/aromatic N) is 2. The molecule has 1 fully saturated rings. The summed E-state index contributed by atoms with van der Waals surface area (Å²) in [4.78, 5) is 24.7. The number of nitrogens with one attached hydrogen (secondary N) is 1. The van der Waals surface area contributed by atoms with Gasteiger partial charge in [0, 0.05) is 38.3 Å². The van der Waals surface area contributed by atoms with E-state index in [2.05, 4.69) is 24.1 Å². The highest BCUT2D eigenvalue weighted by molar-refractivity contribution is 5.92. The van der Waals surface area contributed by atoms with Crippen LogP contribution < -0.4 is 5.32 Å². The van der Waals surface area contributed by atoms with Crippen molar-refractivity contribution in [3.8, 4) is 0 Å². The first-order valence-corrected chi connectivity index (χ1v) is 8.53. The smallest absolute Gasteiger partial charge is 0.276 e. The zero-order valence-electron chi connectivity index (χ0n) is 14.7. The maximum atomic E-state index is 11.9. The molecule has 0 spiro atoms. The number of para-hydroxylation sites is 1. The van der Waals surface area contributed by atoms with Crippen LogP contribution in [0, 0.1) is 10.1 Å². The van der Waals surface area contributed by atoms with Gasteiger partial charge in [0.15, 0.2) is 0 Å². The van der Waals surface area contributed by atoms with Crippen molar-refractivity contribution in [2.24, 2.45) is 0 Å². The Morgan fingerprint density at radius 2 is 2.04 bits per heavy atom. The van der Waals surface area contributed by atoms with Crippen molar-refractivity contribution >= 4 is 17.7 Å². The van der Waals surface area contributed by atoms with Crippen molar-refractivity contribution in [2.75, 3.05) is 26.2 Å². The van der Waals surface area contributed by atoms with Crippen LogP contribution in [0.15, 0.2) is 30.3 Å². The summed E-state index contributed by atoms with van der Waals surface area (Å²) in [5.74, 6) is -0.248. The highest BCUT2D eigenvalue weighted by atomic mass is 16.6. The molecule has 25 heavy (non-hydrogen) atoms. The Morgan fingerprint density at radius 1 is 1.36 bits per heavy atom. The molecule has 7 nitrogen and oxygen atoms in total. The number of nitro benzene ring substituents is 1. The number of hydrogen-bond acceptors (Lipinski definition) is 5. The Balaban J connectivity index is 1.73. The summed E-state index contributed by atoms with van der Waals surface area (Å²) < 4.78 is 5.69. The maximum Gasteiger partial charge on any atom is 0.276 e. The van der Waals surface area contributed by atoms with Crippen LogP contribution in [-0.4, -0.2) is 54.1 Å². The Hall–Kier alpha value is -2.25. The van der Waals surface area contributed by atoms with Gasteiger partial charge in [0.05, 0.1) is 22.7 Å². The molecule has 0 aliphatic carbocycles. The third kappa shape index (κ3) is 6.28. The van der Waals surface area contributed by atoms with Crippen molar-refractivity contribution in [2.45, 2.75) is 32.5 Å². The van der Waals surface area contributed by atoms with Gasteiger partial charge < -0.3 is 10.1 Å². The third-order valence-corrected chi connectivity index (χ3v) is 3.99. The lowest BCUT2D eigenvalue weighted by Crippen LogP contribution is -2.46. The number of benzene rings is 1. The van der Waals surface area contributed by atoms with Gasteiger partial charge in [-0.1, -0.05) is 12.1 Å². The van der Waals surface area contributed by atoms with E-state index in [1.807, 2.05) is 0 Å². The molecular formula is C18H25N3O4. The van der Waals surface area contributed by atoms with Crippen molar-refractivity contribution in [3.63, 3.8) is 0 Å². The fraction of sp³-hybridized carbons (Fsp3) is 0.500. The van der Waals surface area contributed by atoms with E-state index in [4.69, 9.17) is 4.74 Å². The molecule has 1 saturated heterocycles. The number of carbonyl (C=O) groups excluding carboxylic acids is 1. The molecule has 0 radical (unpaired) electrons. The summed E-state index contributed by atoms with van der Waals surface area (Å²) in [7, 11) is 0. The number of morpholine rings is 1. The number of rotatable bonds is 7. The molecule has 2 atom stereocenters. The standard InChI is InChI=1S/C18H25N3O4/c1-14-12-20(13-15(2)25-14)11-5-10-19-18(22)9-8-16-6-3-4-7-17(16)21(23)24/h3-4,6-9,14-15H,5,10-13H2,1-2H3,(H,19,22)/b9-8+. The van der Waals surface area contributed by atoms with E-state index in [1.54, 1.807) is 18.2 Å². The molecule has 1 aliphatic rings. The average molecular weight is 347 g/mol. The van der Waals surface area contributed by atoms with Gasteiger partial charge in [-0.2, -0.15) is 0 Å². The Labute approximate surface area is 147 Å². The number of carbonyl (C=O) groups is 1. The van der Waals surface area contributed by atoms with E-state index in [0.717, 1.165) is 26.1 Å². The van der Waals surface area contributed by atoms with Gasteiger partial charge in [-0.05, 0) is 32.4 Å². The largest absolute Gasteiger partial charge is 0.373 e. The zero-order chi connectivity index (χ0) is 18.2. The van der Waals surface area contributed by atoms with Crippen molar-refractivity contribution in [3.05, 3.63) is 46.0 Å². The molecule has 2 unspecified atom stereocenters. The van der Waals surface area contributed by atoms with Crippen LogP contribution in [-0.2, 0) is 9.53 Å². The maximum absolute atomic E-state index is 11.9. The van der Waals surface area contributed by atoms with Gasteiger partial charge in [-0.15, -0.1) is 0 Å². The SMILES string of the molecule is CC1CN(CCCNC(=O)/C=C/c2ccccc2[N+](=O)[O-])CC(C)O1. The Bertz CT molecular complexity index is 623. The van der Waals surface area contributed by atoms with Crippen LogP contribution >= 0.6 is 0 Å². The molecule has 1 aliphatic heterocycles. The lowest BCUT2D eigenvalue weighted by atomic mass is 10.1. The van der Waals surface area contributed by atoms with Crippen LogP contribution in [0.25, 0.3) is 6.08 Å². The average Bonchev–Trinajstić information content (AvgIpc) is 2.56. The molecule has 136 valence electrons. The minimum atomic E-state index is -0.456. The first-order valence-electron chi connectivity index (χ1n) is 8.53. The highest BCUT2D eigenvalue weighted by Crippen LogP contribution is 2.18. The van der Waals surface area contributed by atoms with Gasteiger partial charge >= 0.3 is 0 Å². The van der Waals surface area contributed by atoms with Crippen molar-refractivity contribution < 1.29 is 14.5 Å². The molecular weight excluding hydrogens is 322 g/mol. The summed E-state index contributed by atoms with van der Waals surface area (Å²) in [5, 5.41) is 13.7. The van der Waals surface area contributed by atoms with E-state index in [1.165, 1.54) is 18.2 Å². The van der Waals surface area contributed by atoms with Crippen LogP contribution in [0.1, 0.15) is 25.8 Å².